The summed E-state index contributed by atoms with van der Waals surface area (Å²) in [7, 11) is 0. The van der Waals surface area contributed by atoms with Gasteiger partial charge in [0.1, 0.15) is 12.4 Å². The Morgan fingerprint density at radius 2 is 2.40 bits per heavy atom. The van der Waals surface area contributed by atoms with E-state index in [9.17, 15) is 4.79 Å². The van der Waals surface area contributed by atoms with Crippen LogP contribution >= 0.6 is 15.9 Å². The molecule has 5 nitrogen and oxygen atoms in total. The molecule has 0 aromatic heterocycles. The number of nitrogens with one attached hydrogen (secondary N) is 1. The summed E-state index contributed by atoms with van der Waals surface area (Å²) in [5, 5.41) is 3.44. The Kier molecular flexibility index (Phi) is 5.82. The van der Waals surface area contributed by atoms with Gasteiger partial charge in [0.25, 0.3) is 0 Å². The van der Waals surface area contributed by atoms with E-state index in [0.717, 1.165) is 29.7 Å². The predicted molar refractivity (Wildman–Crippen MR) is 79.6 cm³/mol. The molecule has 0 fully saturated rings. The van der Waals surface area contributed by atoms with E-state index in [1.165, 1.54) is 5.56 Å². The molecule has 2 rings (SSSR count). The second-order valence-electron chi connectivity index (χ2n) is 4.70. The molecule has 0 saturated carbocycles. The highest BCUT2D eigenvalue weighted by atomic mass is 79.9. The fraction of sp³-hybridized carbons (Fsp3) is 0.500. The molecule has 1 aromatic rings. The quantitative estimate of drug-likeness (QED) is 0.772. The summed E-state index contributed by atoms with van der Waals surface area (Å²) in [5.41, 5.74) is 6.18. The molecule has 0 spiro atoms. The first-order chi connectivity index (χ1) is 9.66. The third-order valence-electron chi connectivity index (χ3n) is 3.13. The maximum Gasteiger partial charge on any atom is 0.243 e. The molecular weight excluding hydrogens is 324 g/mol. The van der Waals surface area contributed by atoms with Gasteiger partial charge in [0.05, 0.1) is 13.2 Å². The average Bonchev–Trinajstić information content (AvgIpc) is 2.60. The summed E-state index contributed by atoms with van der Waals surface area (Å²) in [4.78, 5) is 10.6. The van der Waals surface area contributed by atoms with Gasteiger partial charge in [-0.3, -0.25) is 4.79 Å². The van der Waals surface area contributed by atoms with Crippen molar-refractivity contribution in [3.05, 3.63) is 28.2 Å². The van der Waals surface area contributed by atoms with Crippen LogP contribution in [0.15, 0.2) is 22.7 Å². The molecule has 1 aliphatic rings. The highest BCUT2D eigenvalue weighted by Crippen LogP contribution is 2.33. The van der Waals surface area contributed by atoms with Crippen LogP contribution in [-0.4, -0.2) is 32.3 Å². The topological polar surface area (TPSA) is 73.6 Å². The van der Waals surface area contributed by atoms with Crippen LogP contribution in [0.1, 0.15) is 24.4 Å². The molecule has 3 N–H and O–H groups in total. The van der Waals surface area contributed by atoms with Gasteiger partial charge in [-0.15, -0.1) is 0 Å². The Balaban J connectivity index is 1.90. The fourth-order valence-corrected chi connectivity index (χ4v) is 2.58. The molecule has 20 heavy (non-hydrogen) atoms. The number of benzene rings is 1. The van der Waals surface area contributed by atoms with E-state index in [1.807, 2.05) is 12.1 Å². The number of carbonyl (C=O) groups is 1. The molecule has 0 aliphatic carbocycles. The summed E-state index contributed by atoms with van der Waals surface area (Å²) in [5.74, 6) is 0.482. The first-order valence-corrected chi connectivity index (χ1v) is 7.48. The monoisotopic (exact) mass is 342 g/mol. The van der Waals surface area contributed by atoms with Gasteiger partial charge in [0.15, 0.2) is 0 Å². The highest BCUT2D eigenvalue weighted by Gasteiger charge is 2.19. The molecule has 1 unspecified atom stereocenters. The number of carbonyl (C=O) groups excluding carboxylic acids is 1. The Hall–Kier alpha value is -1.11. The van der Waals surface area contributed by atoms with Gasteiger partial charge in [-0.2, -0.15) is 0 Å². The van der Waals surface area contributed by atoms with E-state index in [-0.39, 0.29) is 12.6 Å². The summed E-state index contributed by atoms with van der Waals surface area (Å²) in [6.45, 7) is 1.85. The normalized spacial score (nSPS) is 17.9. The summed E-state index contributed by atoms with van der Waals surface area (Å²) in [6.07, 6.45) is 2.02. The molecule has 0 radical (unpaired) electrons. The van der Waals surface area contributed by atoms with E-state index >= 15 is 0 Å². The van der Waals surface area contributed by atoms with E-state index in [2.05, 4.69) is 27.3 Å². The number of hydrogen-bond donors (Lipinski definition) is 2. The summed E-state index contributed by atoms with van der Waals surface area (Å²) < 4.78 is 11.9. The van der Waals surface area contributed by atoms with E-state index < -0.39 is 5.91 Å². The van der Waals surface area contributed by atoms with Crippen molar-refractivity contribution in [2.75, 3.05) is 26.4 Å². The van der Waals surface area contributed by atoms with Crippen molar-refractivity contribution >= 4 is 21.8 Å². The van der Waals surface area contributed by atoms with E-state index in [0.29, 0.717) is 13.2 Å². The van der Waals surface area contributed by atoms with Crippen LogP contribution < -0.4 is 15.8 Å². The van der Waals surface area contributed by atoms with Crippen molar-refractivity contribution in [2.45, 2.75) is 18.9 Å². The number of amides is 1. The zero-order valence-corrected chi connectivity index (χ0v) is 12.8. The average molecular weight is 343 g/mol. The van der Waals surface area contributed by atoms with Crippen molar-refractivity contribution in [3.63, 3.8) is 0 Å². The van der Waals surface area contributed by atoms with Gasteiger partial charge in [-0.05, 0) is 25.0 Å². The Morgan fingerprint density at radius 3 is 3.20 bits per heavy atom. The molecule has 1 amide bonds. The van der Waals surface area contributed by atoms with Gasteiger partial charge in [0.2, 0.25) is 5.91 Å². The molecular formula is C14H19BrN2O3. The first kappa shape index (κ1) is 15.3. The van der Waals surface area contributed by atoms with Crippen LogP contribution in [0.4, 0.5) is 0 Å². The van der Waals surface area contributed by atoms with Crippen LogP contribution in [-0.2, 0) is 9.53 Å². The molecule has 1 heterocycles. The zero-order valence-electron chi connectivity index (χ0n) is 11.2. The van der Waals surface area contributed by atoms with Crippen LogP contribution in [0.25, 0.3) is 0 Å². The third-order valence-corrected chi connectivity index (χ3v) is 3.62. The SMILES string of the molecule is NC(=O)COCCNC1CCCOc2cc(Br)ccc21. The number of primary amides is 1. The van der Waals surface area contributed by atoms with Crippen LogP contribution in [0, 0.1) is 0 Å². The highest BCUT2D eigenvalue weighted by molar-refractivity contribution is 9.10. The number of ether oxygens (including phenoxy) is 2. The smallest absolute Gasteiger partial charge is 0.243 e. The minimum Gasteiger partial charge on any atom is -0.493 e. The van der Waals surface area contributed by atoms with Crippen LogP contribution in [0.5, 0.6) is 5.75 Å². The molecule has 1 atom stereocenters. The van der Waals surface area contributed by atoms with Gasteiger partial charge in [-0.25, -0.2) is 0 Å². The lowest BCUT2D eigenvalue weighted by molar-refractivity contribution is -0.122. The number of rotatable bonds is 6. The van der Waals surface area contributed by atoms with Crippen LogP contribution in [0.2, 0.25) is 0 Å². The molecule has 110 valence electrons. The van der Waals surface area contributed by atoms with E-state index in [1.54, 1.807) is 0 Å². The molecule has 6 heteroatoms. The lowest BCUT2D eigenvalue weighted by atomic mass is 10.0. The maximum atomic E-state index is 10.6. The van der Waals surface area contributed by atoms with Crippen molar-refractivity contribution in [1.82, 2.24) is 5.32 Å². The molecule has 0 bridgehead atoms. The second kappa shape index (κ2) is 7.61. The third kappa shape index (κ3) is 4.47. The van der Waals surface area contributed by atoms with Crippen molar-refractivity contribution in [3.8, 4) is 5.75 Å². The van der Waals surface area contributed by atoms with Gasteiger partial charge >= 0.3 is 0 Å². The van der Waals surface area contributed by atoms with E-state index in [4.69, 9.17) is 15.2 Å². The minimum absolute atomic E-state index is 0.0288. The predicted octanol–water partition coefficient (Wildman–Crippen LogP) is 1.75. The Labute approximate surface area is 126 Å². The van der Waals surface area contributed by atoms with Crippen molar-refractivity contribution < 1.29 is 14.3 Å². The lowest BCUT2D eigenvalue weighted by Crippen LogP contribution is -2.27. The fourth-order valence-electron chi connectivity index (χ4n) is 2.24. The van der Waals surface area contributed by atoms with Crippen molar-refractivity contribution in [1.29, 1.82) is 0 Å². The molecule has 1 aliphatic heterocycles. The summed E-state index contributed by atoms with van der Waals surface area (Å²) in [6, 6.07) is 6.34. The number of halogens is 1. The van der Waals surface area contributed by atoms with Gasteiger partial charge < -0.3 is 20.5 Å². The van der Waals surface area contributed by atoms with Gasteiger partial charge in [-0.1, -0.05) is 22.0 Å². The van der Waals surface area contributed by atoms with Crippen molar-refractivity contribution in [2.24, 2.45) is 5.73 Å². The first-order valence-electron chi connectivity index (χ1n) is 6.68. The number of nitrogens with two attached hydrogens (primary N) is 1. The maximum absolute atomic E-state index is 10.6. The van der Waals surface area contributed by atoms with Gasteiger partial charge in [0, 0.05) is 22.6 Å². The standard InChI is InChI=1S/C14H19BrN2O3/c15-10-3-4-11-12(2-1-6-20-13(11)8-10)17-5-7-19-9-14(16)18/h3-4,8,12,17H,1-2,5-7,9H2,(H2,16,18). The summed E-state index contributed by atoms with van der Waals surface area (Å²) >= 11 is 3.46. The zero-order chi connectivity index (χ0) is 14.4. The Morgan fingerprint density at radius 1 is 1.55 bits per heavy atom. The second-order valence-corrected chi connectivity index (χ2v) is 5.61. The van der Waals surface area contributed by atoms with Crippen LogP contribution in [0.3, 0.4) is 0 Å². The lowest BCUT2D eigenvalue weighted by Gasteiger charge is -2.18. The number of fused-ring (bicyclic) bond motifs is 1. The number of hydrogen-bond acceptors (Lipinski definition) is 4. The molecule has 0 saturated heterocycles. The largest absolute Gasteiger partial charge is 0.493 e. The molecule has 1 aromatic carbocycles. The minimum atomic E-state index is -0.442. The Bertz CT molecular complexity index is 468.